The van der Waals surface area contributed by atoms with E-state index in [9.17, 15) is 4.79 Å². The molecule has 0 radical (unpaired) electrons. The number of imidazole rings is 1. The second kappa shape index (κ2) is 18.3. The van der Waals surface area contributed by atoms with Gasteiger partial charge in [0.1, 0.15) is 33.0 Å². The van der Waals surface area contributed by atoms with Gasteiger partial charge >= 0.3 is 6.09 Å². The monoisotopic (exact) mass is 949 g/mol. The molecule has 20 heteroatoms. The molecule has 1 saturated heterocycles. The molecule has 3 heterocycles. The Morgan fingerprint density at radius 1 is 0.761 bits per heavy atom. The largest absolute Gasteiger partial charge is 0.497 e. The summed E-state index contributed by atoms with van der Waals surface area (Å²) in [5.74, 6) is 1.90. The van der Waals surface area contributed by atoms with Gasteiger partial charge in [0.15, 0.2) is 15.7 Å². The fourth-order valence-electron chi connectivity index (χ4n) is 7.90. The molecule has 5 aromatic carbocycles. The molecule has 0 atom stereocenters. The standard InChI is InChI=1S/C47H51N9O9S2/c1-47(2,3)65-46(57)54-28-36(29-54)66(58,59)40-24-23-37(38-9-8-10-39-42(38)53(4)45(48)49-39)41(44-50-51-52-56(44)27-32-15-21-35(64-7)22-16-32)43(40)67(60,61)55(25-30-11-17-33(62-5)18-12-30)26-31-13-19-34(63-6)20-14-31/h8-24,36H,25-29H2,1-7H3,(H2,48,49). The fraction of sp³-hybridized carbons (Fsp3) is 0.298. The quantitative estimate of drug-likeness (QED) is 0.119. The molecule has 7 aromatic rings. The van der Waals surface area contributed by atoms with Gasteiger partial charge in [-0.2, -0.15) is 4.31 Å². The highest BCUT2D eigenvalue weighted by atomic mass is 32.2. The van der Waals surface area contributed by atoms with Crippen molar-refractivity contribution in [3.05, 3.63) is 120 Å². The number of hydrogen-bond acceptors (Lipinski definition) is 14. The Labute approximate surface area is 388 Å². The van der Waals surface area contributed by atoms with Crippen LogP contribution in [0.2, 0.25) is 0 Å². The van der Waals surface area contributed by atoms with Crippen molar-refractivity contribution in [2.24, 2.45) is 7.05 Å². The number of anilines is 1. The normalized spacial score (nSPS) is 13.5. The van der Waals surface area contributed by atoms with Crippen LogP contribution in [-0.4, -0.2) is 107 Å². The van der Waals surface area contributed by atoms with Crippen molar-refractivity contribution < 1.29 is 40.6 Å². The smallest absolute Gasteiger partial charge is 0.410 e. The van der Waals surface area contributed by atoms with E-state index >= 15 is 16.8 Å². The van der Waals surface area contributed by atoms with E-state index < -0.39 is 46.6 Å². The molecule has 1 fully saturated rings. The average molecular weight is 950 g/mol. The van der Waals surface area contributed by atoms with E-state index in [0.29, 0.717) is 45.0 Å². The predicted octanol–water partition coefficient (Wildman–Crippen LogP) is 6.33. The first-order valence-electron chi connectivity index (χ1n) is 21.2. The van der Waals surface area contributed by atoms with Gasteiger partial charge < -0.3 is 34.1 Å². The van der Waals surface area contributed by atoms with E-state index in [4.69, 9.17) is 24.7 Å². The number of aromatic nitrogens is 6. The van der Waals surface area contributed by atoms with Gasteiger partial charge in [0, 0.05) is 38.8 Å². The molecule has 8 rings (SSSR count). The number of carbonyl (C=O) groups is 1. The van der Waals surface area contributed by atoms with Gasteiger partial charge in [-0.15, -0.1) is 5.10 Å². The average Bonchev–Trinajstić information content (AvgIpc) is 3.87. The van der Waals surface area contributed by atoms with Crippen molar-refractivity contribution >= 4 is 42.9 Å². The van der Waals surface area contributed by atoms with Gasteiger partial charge in [0.05, 0.1) is 49.4 Å². The summed E-state index contributed by atoms with van der Waals surface area (Å²) in [6.07, 6.45) is -0.686. The van der Waals surface area contributed by atoms with E-state index in [2.05, 4.69) is 20.5 Å². The molecule has 0 saturated carbocycles. The van der Waals surface area contributed by atoms with Crippen molar-refractivity contribution in [2.75, 3.05) is 40.2 Å². The van der Waals surface area contributed by atoms with Gasteiger partial charge in [0.25, 0.3) is 0 Å². The number of amides is 1. The first-order valence-corrected chi connectivity index (χ1v) is 24.2. The van der Waals surface area contributed by atoms with Crippen molar-refractivity contribution in [3.8, 4) is 39.8 Å². The van der Waals surface area contributed by atoms with Crippen LogP contribution in [0, 0.1) is 0 Å². The van der Waals surface area contributed by atoms with Crippen molar-refractivity contribution in [2.45, 2.75) is 61.0 Å². The summed E-state index contributed by atoms with van der Waals surface area (Å²) in [7, 11) is -3.17. The third-order valence-corrected chi connectivity index (χ3v) is 15.6. The highest BCUT2D eigenvalue weighted by Gasteiger charge is 2.46. The second-order valence-corrected chi connectivity index (χ2v) is 21.1. The summed E-state index contributed by atoms with van der Waals surface area (Å²) in [4.78, 5) is 17.9. The minimum atomic E-state index is -4.94. The molecule has 2 aromatic heterocycles. The Bertz CT molecular complexity index is 3110. The number of nitrogens with two attached hydrogens (primary N) is 1. The number of aryl methyl sites for hydroxylation is 1. The van der Waals surface area contributed by atoms with Crippen LogP contribution in [0.5, 0.6) is 17.2 Å². The first kappa shape index (κ1) is 46.5. The summed E-state index contributed by atoms with van der Waals surface area (Å²) >= 11 is 0. The van der Waals surface area contributed by atoms with Gasteiger partial charge in [-0.3, -0.25) is 0 Å². The Morgan fingerprint density at radius 3 is 1.85 bits per heavy atom. The second-order valence-electron chi connectivity index (χ2n) is 17.0. The fourth-order valence-corrected chi connectivity index (χ4v) is 12.0. The van der Waals surface area contributed by atoms with E-state index in [-0.39, 0.29) is 55.6 Å². The number of carbonyl (C=O) groups excluding carboxylic acids is 1. The van der Waals surface area contributed by atoms with Crippen LogP contribution in [0.4, 0.5) is 10.7 Å². The van der Waals surface area contributed by atoms with Gasteiger partial charge in [-0.05, 0) is 102 Å². The predicted molar refractivity (Wildman–Crippen MR) is 251 cm³/mol. The van der Waals surface area contributed by atoms with Crippen LogP contribution in [0.25, 0.3) is 33.5 Å². The van der Waals surface area contributed by atoms with E-state index in [1.165, 1.54) is 34.2 Å². The number of nitrogen functional groups attached to an aromatic ring is 1. The zero-order chi connectivity index (χ0) is 47.8. The van der Waals surface area contributed by atoms with Crippen LogP contribution in [0.3, 0.4) is 0 Å². The maximum atomic E-state index is 16.3. The number of para-hydroxylation sites is 1. The van der Waals surface area contributed by atoms with Crippen LogP contribution >= 0.6 is 0 Å². The van der Waals surface area contributed by atoms with Gasteiger partial charge in [-0.1, -0.05) is 54.6 Å². The van der Waals surface area contributed by atoms with Crippen LogP contribution in [0.1, 0.15) is 37.5 Å². The van der Waals surface area contributed by atoms with E-state index in [1.54, 1.807) is 124 Å². The van der Waals surface area contributed by atoms with Gasteiger partial charge in [-0.25, -0.2) is 31.3 Å². The molecule has 0 bridgehead atoms. The number of likely N-dealkylation sites (tertiary alicyclic amines) is 1. The number of tetrazole rings is 1. The molecule has 1 aliphatic rings. The van der Waals surface area contributed by atoms with E-state index in [0.717, 1.165) is 5.56 Å². The number of benzene rings is 5. The zero-order valence-corrected chi connectivity index (χ0v) is 39.7. The maximum absolute atomic E-state index is 16.3. The zero-order valence-electron chi connectivity index (χ0n) is 38.1. The molecule has 350 valence electrons. The SMILES string of the molecule is COc1ccc(CN(Cc2ccc(OC)cc2)S(=O)(=O)c2c(S(=O)(=O)C3CN(C(=O)OC(C)(C)C)C3)ccc(-c3cccc4nc(N)n(C)c34)c2-c2nnnn2Cc2ccc(OC)cc2)cc1. The van der Waals surface area contributed by atoms with Crippen molar-refractivity contribution in [3.63, 3.8) is 0 Å². The molecule has 0 spiro atoms. The number of sulfonamides is 1. The summed E-state index contributed by atoms with van der Waals surface area (Å²) in [6, 6.07) is 29.2. The highest BCUT2D eigenvalue weighted by Crippen LogP contribution is 2.45. The van der Waals surface area contributed by atoms with Crippen LogP contribution < -0.4 is 19.9 Å². The minimum Gasteiger partial charge on any atom is -0.497 e. The molecule has 2 N–H and O–H groups in total. The molecule has 1 aliphatic heterocycles. The molecule has 0 unspecified atom stereocenters. The molecule has 67 heavy (non-hydrogen) atoms. The lowest BCUT2D eigenvalue weighted by Gasteiger charge is -2.39. The molecule has 18 nitrogen and oxygen atoms in total. The van der Waals surface area contributed by atoms with E-state index in [1.807, 2.05) is 12.1 Å². The summed E-state index contributed by atoms with van der Waals surface area (Å²) < 4.78 is 89.2. The molecule has 1 amide bonds. The topological polar surface area (TPSA) is 216 Å². The lowest BCUT2D eigenvalue weighted by atomic mass is 9.97. The van der Waals surface area contributed by atoms with Gasteiger partial charge in [0.2, 0.25) is 16.0 Å². The van der Waals surface area contributed by atoms with Crippen molar-refractivity contribution in [1.82, 2.24) is 39.0 Å². The lowest BCUT2D eigenvalue weighted by molar-refractivity contribution is 0.0139. The van der Waals surface area contributed by atoms with Crippen LogP contribution in [0.15, 0.2) is 113 Å². The third-order valence-electron chi connectivity index (χ3n) is 11.5. The highest BCUT2D eigenvalue weighted by molar-refractivity contribution is 7.94. The summed E-state index contributed by atoms with van der Waals surface area (Å²) in [5.41, 5.74) is 9.20. The molecular formula is C47H51N9O9S2. The minimum absolute atomic E-state index is 0.0357. The Kier molecular flexibility index (Phi) is 12.7. The number of ether oxygens (including phenoxy) is 4. The number of sulfone groups is 1. The first-order chi connectivity index (χ1) is 31.9. The number of methoxy groups -OCH3 is 3. The third kappa shape index (κ3) is 9.36. The Hall–Kier alpha value is -7.03. The molecule has 0 aliphatic carbocycles. The number of nitrogens with zero attached hydrogens (tertiary/aromatic N) is 8. The maximum Gasteiger partial charge on any atom is 0.410 e. The summed E-state index contributed by atoms with van der Waals surface area (Å²) in [5, 5.41) is 11.7. The number of hydrogen-bond donors (Lipinski definition) is 1. The Balaban J connectivity index is 1.41. The number of rotatable bonds is 15. The van der Waals surface area contributed by atoms with Crippen LogP contribution in [-0.2, 0) is 51.3 Å². The lowest BCUT2D eigenvalue weighted by Crippen LogP contribution is -2.57. The summed E-state index contributed by atoms with van der Waals surface area (Å²) in [6.45, 7) is 4.34. The molecular weight excluding hydrogens is 899 g/mol. The Morgan fingerprint density at radius 2 is 1.31 bits per heavy atom. The number of fused-ring (bicyclic) bond motifs is 1. The van der Waals surface area contributed by atoms with Crippen molar-refractivity contribution in [1.29, 1.82) is 0 Å².